The molecule has 1 atom stereocenters. The summed E-state index contributed by atoms with van der Waals surface area (Å²) >= 11 is 0. The Balaban J connectivity index is 1.68. The Bertz CT molecular complexity index is 1580. The van der Waals surface area contributed by atoms with Gasteiger partial charge in [-0.3, -0.25) is 0 Å². The van der Waals surface area contributed by atoms with Crippen LogP contribution in [-0.2, 0) is 0 Å². The molecule has 0 amide bonds. The zero-order valence-corrected chi connectivity index (χ0v) is 24.9. The molecule has 1 heterocycles. The highest BCUT2D eigenvalue weighted by atomic mass is 14.9. The average molecular weight is 552 g/mol. The number of nitrogens with one attached hydrogen (secondary N) is 2. The van der Waals surface area contributed by atoms with E-state index in [1.807, 2.05) is 62.5 Å². The Labute approximate surface area is 251 Å². The molecule has 42 heavy (non-hydrogen) atoms. The second-order valence-corrected chi connectivity index (χ2v) is 9.94. The third-order valence-electron chi connectivity index (χ3n) is 6.96. The molecule has 3 heteroatoms. The molecule has 0 fully saturated rings. The van der Waals surface area contributed by atoms with E-state index in [4.69, 9.17) is 11.1 Å². The van der Waals surface area contributed by atoms with E-state index in [9.17, 15) is 0 Å². The summed E-state index contributed by atoms with van der Waals surface area (Å²) in [4.78, 5) is 0. The maximum absolute atomic E-state index is 7.19. The van der Waals surface area contributed by atoms with Crippen LogP contribution in [0.25, 0.3) is 22.9 Å². The van der Waals surface area contributed by atoms with Crippen LogP contribution in [-0.4, -0.2) is 12.3 Å². The first-order chi connectivity index (χ1) is 20.3. The number of rotatable bonds is 12. The number of nitrogens with two attached hydrogens (primary N) is 1. The Morgan fingerprint density at radius 3 is 2.31 bits per heavy atom. The molecule has 4 N–H and O–H groups in total. The lowest BCUT2D eigenvalue weighted by atomic mass is 9.97. The number of aryl methyl sites for hydroxylation is 1. The van der Waals surface area contributed by atoms with E-state index >= 15 is 0 Å². The van der Waals surface area contributed by atoms with Gasteiger partial charge in [0.2, 0.25) is 0 Å². The highest BCUT2D eigenvalue weighted by Crippen LogP contribution is 2.26. The smallest absolute Gasteiger partial charge is 0.0698 e. The van der Waals surface area contributed by atoms with Gasteiger partial charge in [0.1, 0.15) is 0 Å². The molecule has 0 aliphatic carbocycles. The second kappa shape index (κ2) is 15.6. The van der Waals surface area contributed by atoms with Crippen molar-refractivity contribution in [2.75, 3.05) is 0 Å². The summed E-state index contributed by atoms with van der Waals surface area (Å²) < 4.78 is 0. The number of allylic oxidation sites excluding steroid dienone is 12. The fourth-order valence-electron chi connectivity index (χ4n) is 4.31. The minimum absolute atomic E-state index is 0.00749. The van der Waals surface area contributed by atoms with Crippen LogP contribution >= 0.6 is 0 Å². The van der Waals surface area contributed by atoms with E-state index < -0.39 is 0 Å². The standard InChI is InChI=1S/C39H41N3/c1-7-9-13-37(41)34-24-22-33(23-25-34)36-21-18-30(5)35(27-36)20-17-29(4)28(3)16-19-32(8-2)39-15-10-14-38(42-39)31(6)12-11-26-40/h7-27,39-40,42H,3-4,6,41H2,1-2,5H3/b9-7-,12-11-,19-16-,20-17-,32-8+,37-13-,40-26?. The molecule has 2 aromatic carbocycles. The van der Waals surface area contributed by atoms with Gasteiger partial charge in [-0.25, -0.2) is 0 Å². The van der Waals surface area contributed by atoms with E-state index in [1.165, 1.54) is 11.8 Å². The van der Waals surface area contributed by atoms with Crippen LogP contribution in [0.15, 0.2) is 163 Å². The first-order valence-electron chi connectivity index (χ1n) is 14.0. The quantitative estimate of drug-likeness (QED) is 0.182. The van der Waals surface area contributed by atoms with Crippen LogP contribution in [0, 0.1) is 12.3 Å². The first-order valence-corrected chi connectivity index (χ1v) is 14.0. The molecule has 3 nitrogen and oxygen atoms in total. The zero-order valence-electron chi connectivity index (χ0n) is 24.9. The summed E-state index contributed by atoms with van der Waals surface area (Å²) in [5, 5.41) is 10.7. The SMILES string of the molecule is C=C(/C=C\C(=C/C)C1C=CC=C(C(=C)/C=C\C=N)N1)C(=C)/C=C\c1cc(-c2ccc(/C(N)=C/C=C\C)cc2)ccc1C. The van der Waals surface area contributed by atoms with Gasteiger partial charge in [0.05, 0.1) is 6.04 Å². The topological polar surface area (TPSA) is 61.9 Å². The van der Waals surface area contributed by atoms with E-state index in [-0.39, 0.29) is 6.04 Å². The Kier molecular flexibility index (Phi) is 11.6. The summed E-state index contributed by atoms with van der Waals surface area (Å²) in [5.74, 6) is 0. The zero-order chi connectivity index (χ0) is 30.5. The third kappa shape index (κ3) is 8.67. The third-order valence-corrected chi connectivity index (χ3v) is 6.96. The molecule has 1 aliphatic heterocycles. The Hall–Kier alpha value is -5.15. The average Bonchev–Trinajstić information content (AvgIpc) is 3.02. The summed E-state index contributed by atoms with van der Waals surface area (Å²) in [5.41, 5.74) is 17.1. The van der Waals surface area contributed by atoms with E-state index in [0.717, 1.165) is 55.9 Å². The Morgan fingerprint density at radius 1 is 0.905 bits per heavy atom. The maximum atomic E-state index is 7.19. The van der Waals surface area contributed by atoms with Crippen LogP contribution in [0.3, 0.4) is 0 Å². The predicted octanol–water partition coefficient (Wildman–Crippen LogP) is 9.34. The van der Waals surface area contributed by atoms with Gasteiger partial charge in [-0.15, -0.1) is 0 Å². The van der Waals surface area contributed by atoms with Crippen LogP contribution in [0.1, 0.15) is 30.5 Å². The number of hydrogen-bond acceptors (Lipinski definition) is 3. The van der Waals surface area contributed by atoms with Crippen molar-refractivity contribution in [3.05, 3.63) is 180 Å². The highest BCUT2D eigenvalue weighted by molar-refractivity contribution is 5.73. The van der Waals surface area contributed by atoms with Gasteiger partial charge in [-0.2, -0.15) is 0 Å². The Morgan fingerprint density at radius 2 is 1.62 bits per heavy atom. The summed E-state index contributed by atoms with van der Waals surface area (Å²) in [7, 11) is 0. The van der Waals surface area contributed by atoms with Gasteiger partial charge in [-0.1, -0.05) is 117 Å². The molecular weight excluding hydrogens is 510 g/mol. The fraction of sp³-hybridized carbons (Fsp3) is 0.103. The monoisotopic (exact) mass is 551 g/mol. The molecule has 2 aromatic rings. The number of benzene rings is 2. The summed E-state index contributed by atoms with van der Waals surface area (Å²) in [6.07, 6.45) is 26.9. The van der Waals surface area contributed by atoms with Crippen molar-refractivity contribution >= 4 is 18.0 Å². The highest BCUT2D eigenvalue weighted by Gasteiger charge is 2.13. The molecule has 1 aliphatic rings. The van der Waals surface area contributed by atoms with Crippen LogP contribution in [0.2, 0.25) is 0 Å². The number of hydrogen-bond donors (Lipinski definition) is 3. The summed E-state index contributed by atoms with van der Waals surface area (Å²) in [6, 6.07) is 14.8. The molecule has 0 aromatic heterocycles. The van der Waals surface area contributed by atoms with Crippen molar-refractivity contribution < 1.29 is 0 Å². The fourth-order valence-corrected chi connectivity index (χ4v) is 4.31. The van der Waals surface area contributed by atoms with Crippen molar-refractivity contribution in [2.24, 2.45) is 5.73 Å². The molecule has 0 spiro atoms. The van der Waals surface area contributed by atoms with Gasteiger partial charge in [0.15, 0.2) is 0 Å². The van der Waals surface area contributed by atoms with Crippen molar-refractivity contribution in [1.29, 1.82) is 5.41 Å². The van der Waals surface area contributed by atoms with Gasteiger partial charge in [0, 0.05) is 17.6 Å². The molecule has 0 saturated heterocycles. The van der Waals surface area contributed by atoms with Gasteiger partial charge in [0.25, 0.3) is 0 Å². The molecule has 0 radical (unpaired) electrons. The minimum Gasteiger partial charge on any atom is -0.398 e. The van der Waals surface area contributed by atoms with E-state index in [0.29, 0.717) is 0 Å². The largest absolute Gasteiger partial charge is 0.398 e. The molecule has 212 valence electrons. The van der Waals surface area contributed by atoms with Crippen LogP contribution in [0.4, 0.5) is 0 Å². The lowest BCUT2D eigenvalue weighted by Crippen LogP contribution is -2.30. The minimum atomic E-state index is 0.00749. The predicted molar refractivity (Wildman–Crippen MR) is 185 cm³/mol. The second-order valence-electron chi connectivity index (χ2n) is 9.94. The molecule has 1 unspecified atom stereocenters. The van der Waals surface area contributed by atoms with Crippen LogP contribution < -0.4 is 11.1 Å². The van der Waals surface area contributed by atoms with Crippen LogP contribution in [0.5, 0.6) is 0 Å². The van der Waals surface area contributed by atoms with Gasteiger partial charge in [-0.05, 0) is 95.2 Å². The van der Waals surface area contributed by atoms with Gasteiger partial charge < -0.3 is 16.5 Å². The van der Waals surface area contributed by atoms with Crippen molar-refractivity contribution in [3.63, 3.8) is 0 Å². The van der Waals surface area contributed by atoms with Crippen molar-refractivity contribution in [2.45, 2.75) is 26.8 Å². The van der Waals surface area contributed by atoms with Crippen molar-refractivity contribution in [3.8, 4) is 11.1 Å². The lowest BCUT2D eigenvalue weighted by Gasteiger charge is -2.23. The molecular formula is C39H41N3. The first kappa shape index (κ1) is 31.4. The lowest BCUT2D eigenvalue weighted by molar-refractivity contribution is 0.763. The number of dihydropyridines is 1. The molecule has 0 bridgehead atoms. The van der Waals surface area contributed by atoms with Gasteiger partial charge >= 0.3 is 0 Å². The maximum Gasteiger partial charge on any atom is 0.0698 e. The molecule has 0 saturated carbocycles. The van der Waals surface area contributed by atoms with E-state index in [1.54, 1.807) is 6.08 Å². The molecule has 3 rings (SSSR count). The van der Waals surface area contributed by atoms with Crippen molar-refractivity contribution in [1.82, 2.24) is 5.32 Å². The normalized spacial score (nSPS) is 15.9. The summed E-state index contributed by atoms with van der Waals surface area (Å²) in [6.45, 7) is 18.7. The van der Waals surface area contributed by atoms with E-state index in [2.05, 4.69) is 98.7 Å².